The summed E-state index contributed by atoms with van der Waals surface area (Å²) in [4.78, 5) is 50.6. The van der Waals surface area contributed by atoms with E-state index in [4.69, 9.17) is 23.7 Å². The van der Waals surface area contributed by atoms with E-state index in [1.807, 2.05) is 18.2 Å². The Morgan fingerprint density at radius 1 is 0.523 bits per heavy atom. The number of aliphatic hydroxyl groups excluding tert-OH is 2. The minimum absolute atomic E-state index is 0.0641. The monoisotopic (exact) mass is 915 g/mol. The lowest BCUT2D eigenvalue weighted by molar-refractivity contribution is -0.301. The summed E-state index contributed by atoms with van der Waals surface area (Å²) in [6.45, 7) is 5.70. The fraction of sp³-hybridized carbons (Fsp3) is 0.698. The highest BCUT2D eigenvalue weighted by Crippen LogP contribution is 2.26. The fourth-order valence-electron chi connectivity index (χ4n) is 6.87. The van der Waals surface area contributed by atoms with Gasteiger partial charge in [-0.05, 0) is 83.5 Å². The molecule has 0 bridgehead atoms. The summed E-state index contributed by atoms with van der Waals surface area (Å²) in [6, 6.07) is 0. The second-order valence-electron chi connectivity index (χ2n) is 16.7. The number of unbranched alkanes of at least 4 members (excludes halogenated alkanes) is 14. The number of carboxylic acids is 1. The number of rotatable bonds is 40. The number of ether oxygens (including phenoxy) is 5. The third kappa shape index (κ3) is 32.5. The maximum Gasteiger partial charge on any atom is 0.335 e. The first-order valence-electron chi connectivity index (χ1n) is 24.9. The predicted molar refractivity (Wildman–Crippen MR) is 257 cm³/mol. The number of hydrogen-bond donors (Lipinski definition) is 3. The standard InChI is InChI=1S/C53H86O12/c1-4-7-10-13-16-19-22-23-26-29-32-35-38-41-47(56)64-51-49(58)48(57)50(52(59)60)65-53(51)62-43-44(63-46(55)40-37-34-31-28-25-21-18-15-12-9-6-3)42-61-45(54)39-36-33-30-27-24-20-17-14-11-8-5-2/h7,10,14-19,23,26,32,35,44,48-51,53,57-58H,4-6,8-9,11-13,20-22,24-25,27-31,33-34,36-43H2,1-3H3,(H,59,60)/b10-7-,17-14-,18-15-,19-16-,26-23-,35-32-. The van der Waals surface area contributed by atoms with E-state index >= 15 is 0 Å². The topological polar surface area (TPSA) is 175 Å². The van der Waals surface area contributed by atoms with Crippen LogP contribution in [0.1, 0.15) is 188 Å². The molecule has 1 aliphatic rings. The molecule has 0 amide bonds. The lowest BCUT2D eigenvalue weighted by Gasteiger charge is -2.40. The van der Waals surface area contributed by atoms with Gasteiger partial charge in [0, 0.05) is 19.3 Å². The van der Waals surface area contributed by atoms with Crippen LogP contribution in [-0.4, -0.2) is 89.2 Å². The second-order valence-corrected chi connectivity index (χ2v) is 16.7. The molecule has 1 aliphatic heterocycles. The van der Waals surface area contributed by atoms with Gasteiger partial charge in [0.15, 0.2) is 24.6 Å². The van der Waals surface area contributed by atoms with Gasteiger partial charge < -0.3 is 39.0 Å². The molecule has 0 saturated carbocycles. The van der Waals surface area contributed by atoms with Crippen LogP contribution in [0.2, 0.25) is 0 Å². The average molecular weight is 915 g/mol. The molecule has 6 atom stereocenters. The van der Waals surface area contributed by atoms with E-state index in [2.05, 4.69) is 75.5 Å². The maximum absolute atomic E-state index is 13.0. The summed E-state index contributed by atoms with van der Waals surface area (Å²) < 4.78 is 28.1. The highest BCUT2D eigenvalue weighted by atomic mass is 16.7. The third-order valence-electron chi connectivity index (χ3n) is 10.8. The SMILES string of the molecule is CC/C=C\C/C=C\C/C=C\C/C=C\CCC(=O)OC1C(OCC(COC(=O)CCCCCCC/C=C\CCCC)OC(=O)CCCCCCC/C=C\CCCC)OC(C(=O)O)C(O)C1O. The number of aliphatic carboxylic acids is 1. The van der Waals surface area contributed by atoms with Crippen molar-refractivity contribution in [1.82, 2.24) is 0 Å². The molecule has 1 fully saturated rings. The molecule has 370 valence electrons. The minimum Gasteiger partial charge on any atom is -0.479 e. The van der Waals surface area contributed by atoms with Gasteiger partial charge in [-0.1, -0.05) is 158 Å². The molecule has 3 N–H and O–H groups in total. The molecule has 12 heteroatoms. The van der Waals surface area contributed by atoms with E-state index in [9.17, 15) is 34.5 Å². The van der Waals surface area contributed by atoms with E-state index < -0.39 is 67.3 Å². The molecule has 0 radical (unpaired) electrons. The average Bonchev–Trinajstić information content (AvgIpc) is 3.29. The Kier molecular flexibility index (Phi) is 37.9. The number of aliphatic hydroxyl groups is 2. The Morgan fingerprint density at radius 3 is 1.54 bits per heavy atom. The van der Waals surface area contributed by atoms with Crippen molar-refractivity contribution < 1.29 is 58.2 Å². The summed E-state index contributed by atoms with van der Waals surface area (Å²) in [6.07, 6.45) is 37.8. The van der Waals surface area contributed by atoms with Crippen molar-refractivity contribution in [3.05, 3.63) is 72.9 Å². The van der Waals surface area contributed by atoms with Crippen molar-refractivity contribution in [2.45, 2.75) is 225 Å². The molecule has 1 heterocycles. The van der Waals surface area contributed by atoms with E-state index in [-0.39, 0.29) is 25.9 Å². The summed E-state index contributed by atoms with van der Waals surface area (Å²) in [5.74, 6) is -3.26. The smallest absolute Gasteiger partial charge is 0.335 e. The molecule has 1 saturated heterocycles. The van der Waals surface area contributed by atoms with Gasteiger partial charge in [-0.25, -0.2) is 4.79 Å². The zero-order chi connectivity index (χ0) is 47.6. The Hall–Kier alpha value is -3.84. The Bertz CT molecular complexity index is 1410. The lowest BCUT2D eigenvalue weighted by atomic mass is 9.98. The Labute approximate surface area is 391 Å². The van der Waals surface area contributed by atoms with Crippen molar-refractivity contribution in [2.24, 2.45) is 0 Å². The Balaban J connectivity index is 2.81. The molecule has 6 unspecified atom stereocenters. The van der Waals surface area contributed by atoms with Gasteiger partial charge in [0.1, 0.15) is 18.8 Å². The largest absolute Gasteiger partial charge is 0.479 e. The van der Waals surface area contributed by atoms with E-state index in [1.165, 1.54) is 25.7 Å². The van der Waals surface area contributed by atoms with Gasteiger partial charge in [0.25, 0.3) is 0 Å². The van der Waals surface area contributed by atoms with Gasteiger partial charge in [0.2, 0.25) is 0 Å². The number of carbonyl (C=O) groups is 4. The summed E-state index contributed by atoms with van der Waals surface area (Å²) in [5.41, 5.74) is 0. The molecule has 1 rings (SSSR count). The molecule has 12 nitrogen and oxygen atoms in total. The van der Waals surface area contributed by atoms with Crippen molar-refractivity contribution in [3.8, 4) is 0 Å². The normalized spacial score (nSPS) is 19.7. The number of carbonyl (C=O) groups excluding carboxylic acids is 3. The van der Waals surface area contributed by atoms with Crippen LogP contribution in [0, 0.1) is 0 Å². The zero-order valence-corrected chi connectivity index (χ0v) is 40.2. The van der Waals surface area contributed by atoms with Crippen molar-refractivity contribution >= 4 is 23.9 Å². The molecule has 65 heavy (non-hydrogen) atoms. The van der Waals surface area contributed by atoms with E-state index in [0.717, 1.165) is 96.3 Å². The highest BCUT2D eigenvalue weighted by molar-refractivity contribution is 5.74. The second kappa shape index (κ2) is 41.6. The van der Waals surface area contributed by atoms with Crippen molar-refractivity contribution in [1.29, 1.82) is 0 Å². The number of carboxylic acid groups (broad SMARTS) is 1. The molecule has 0 aromatic carbocycles. The van der Waals surface area contributed by atoms with Crippen LogP contribution in [0.15, 0.2) is 72.9 Å². The van der Waals surface area contributed by atoms with Crippen LogP contribution in [-0.2, 0) is 42.9 Å². The zero-order valence-electron chi connectivity index (χ0n) is 40.2. The summed E-state index contributed by atoms with van der Waals surface area (Å²) in [5, 5.41) is 31.2. The van der Waals surface area contributed by atoms with Gasteiger partial charge >= 0.3 is 23.9 Å². The van der Waals surface area contributed by atoms with Gasteiger partial charge in [-0.3, -0.25) is 14.4 Å². The summed E-state index contributed by atoms with van der Waals surface area (Å²) in [7, 11) is 0. The lowest BCUT2D eigenvalue weighted by Crippen LogP contribution is -2.61. The minimum atomic E-state index is -1.93. The van der Waals surface area contributed by atoms with Crippen LogP contribution < -0.4 is 0 Å². The molecule has 0 aromatic rings. The number of allylic oxidation sites excluding steroid dienone is 12. The third-order valence-corrected chi connectivity index (χ3v) is 10.8. The van der Waals surface area contributed by atoms with Gasteiger partial charge in [-0.15, -0.1) is 0 Å². The fourth-order valence-corrected chi connectivity index (χ4v) is 6.87. The Morgan fingerprint density at radius 2 is 1.00 bits per heavy atom. The predicted octanol–water partition coefficient (Wildman–Crippen LogP) is 11.4. The quantitative estimate of drug-likeness (QED) is 0.0230. The van der Waals surface area contributed by atoms with Crippen LogP contribution >= 0.6 is 0 Å². The molecule has 0 aliphatic carbocycles. The first-order valence-corrected chi connectivity index (χ1v) is 24.9. The number of esters is 3. The van der Waals surface area contributed by atoms with Crippen LogP contribution in [0.3, 0.4) is 0 Å². The highest BCUT2D eigenvalue weighted by Gasteiger charge is 2.50. The van der Waals surface area contributed by atoms with Gasteiger partial charge in [-0.2, -0.15) is 0 Å². The molecular formula is C53H86O12. The molecular weight excluding hydrogens is 829 g/mol. The van der Waals surface area contributed by atoms with E-state index in [1.54, 1.807) is 0 Å². The van der Waals surface area contributed by atoms with Crippen LogP contribution in [0.4, 0.5) is 0 Å². The van der Waals surface area contributed by atoms with E-state index in [0.29, 0.717) is 25.7 Å². The first kappa shape index (κ1) is 59.2. The van der Waals surface area contributed by atoms with Crippen molar-refractivity contribution in [2.75, 3.05) is 13.2 Å². The maximum atomic E-state index is 13.0. The van der Waals surface area contributed by atoms with Crippen molar-refractivity contribution in [3.63, 3.8) is 0 Å². The number of hydrogen-bond acceptors (Lipinski definition) is 11. The summed E-state index contributed by atoms with van der Waals surface area (Å²) >= 11 is 0. The van der Waals surface area contributed by atoms with Crippen LogP contribution in [0.25, 0.3) is 0 Å². The van der Waals surface area contributed by atoms with Gasteiger partial charge in [0.05, 0.1) is 6.61 Å². The molecule has 0 spiro atoms. The molecule has 0 aromatic heterocycles. The first-order chi connectivity index (χ1) is 31.6. The van der Waals surface area contributed by atoms with Crippen LogP contribution in [0.5, 0.6) is 0 Å².